The Morgan fingerprint density at radius 2 is 1.83 bits per heavy atom. The van der Waals surface area contributed by atoms with Crippen molar-refractivity contribution in [1.29, 1.82) is 0 Å². The van der Waals surface area contributed by atoms with Gasteiger partial charge in [0.2, 0.25) is 5.28 Å². The zero-order chi connectivity index (χ0) is 13.0. The number of nitrogens with zero attached hydrogens (tertiary/aromatic N) is 3. The summed E-state index contributed by atoms with van der Waals surface area (Å²) in [4.78, 5) is 13.2. The van der Waals surface area contributed by atoms with Crippen molar-refractivity contribution in [2.24, 2.45) is 0 Å². The third-order valence-corrected chi connectivity index (χ3v) is 2.90. The van der Waals surface area contributed by atoms with Gasteiger partial charge in [-0.1, -0.05) is 18.2 Å². The van der Waals surface area contributed by atoms with E-state index in [1.54, 1.807) is 0 Å². The molecular formula is C12H12ClN3OS. The van der Waals surface area contributed by atoms with E-state index in [1.807, 2.05) is 44.2 Å². The maximum Gasteiger partial charge on any atom is 0.322 e. The largest absolute Gasteiger partial charge is 0.461 e. The SMILES string of the molecule is CC(C)Oc1nc(Cl)nc(Sc2ccccc2)n1. The van der Waals surface area contributed by atoms with Gasteiger partial charge in [-0.2, -0.15) is 15.0 Å². The van der Waals surface area contributed by atoms with Crippen molar-refractivity contribution in [3.8, 4) is 6.01 Å². The summed E-state index contributed by atoms with van der Waals surface area (Å²) in [5, 5.41) is 0.663. The molecule has 0 aliphatic rings. The highest BCUT2D eigenvalue weighted by Crippen LogP contribution is 2.26. The predicted octanol–water partition coefficient (Wildman–Crippen LogP) is 3.46. The van der Waals surface area contributed by atoms with Crippen LogP contribution in [0.1, 0.15) is 13.8 Å². The first-order chi connectivity index (χ1) is 8.63. The van der Waals surface area contributed by atoms with Crippen LogP contribution < -0.4 is 4.74 Å². The highest BCUT2D eigenvalue weighted by Gasteiger charge is 2.08. The van der Waals surface area contributed by atoms with Gasteiger partial charge in [-0.25, -0.2) is 0 Å². The van der Waals surface area contributed by atoms with Gasteiger partial charge in [-0.15, -0.1) is 0 Å². The first kappa shape index (κ1) is 13.1. The lowest BCUT2D eigenvalue weighted by molar-refractivity contribution is 0.219. The van der Waals surface area contributed by atoms with E-state index >= 15 is 0 Å². The van der Waals surface area contributed by atoms with Crippen LogP contribution in [-0.2, 0) is 0 Å². The molecule has 0 aliphatic carbocycles. The van der Waals surface area contributed by atoms with Crippen molar-refractivity contribution in [1.82, 2.24) is 15.0 Å². The molecule has 4 nitrogen and oxygen atoms in total. The van der Waals surface area contributed by atoms with Gasteiger partial charge in [-0.3, -0.25) is 0 Å². The molecule has 0 N–H and O–H groups in total. The van der Waals surface area contributed by atoms with E-state index in [0.29, 0.717) is 5.16 Å². The highest BCUT2D eigenvalue weighted by molar-refractivity contribution is 7.99. The van der Waals surface area contributed by atoms with Gasteiger partial charge in [0.1, 0.15) is 0 Å². The molecule has 0 saturated carbocycles. The lowest BCUT2D eigenvalue weighted by Crippen LogP contribution is -2.09. The number of benzene rings is 1. The molecule has 0 saturated heterocycles. The summed E-state index contributed by atoms with van der Waals surface area (Å²) in [6.45, 7) is 3.81. The van der Waals surface area contributed by atoms with Crippen molar-refractivity contribution in [2.75, 3.05) is 0 Å². The first-order valence-corrected chi connectivity index (χ1v) is 6.64. The summed E-state index contributed by atoms with van der Waals surface area (Å²) in [6, 6.07) is 10.1. The Morgan fingerprint density at radius 1 is 1.11 bits per heavy atom. The minimum absolute atomic E-state index is 0.00181. The molecule has 0 amide bonds. The molecule has 1 aromatic carbocycles. The maximum atomic E-state index is 5.84. The number of hydrogen-bond acceptors (Lipinski definition) is 5. The summed E-state index contributed by atoms with van der Waals surface area (Å²) >= 11 is 7.26. The fraction of sp³-hybridized carbons (Fsp3) is 0.250. The van der Waals surface area contributed by atoms with Crippen LogP contribution in [0.3, 0.4) is 0 Å². The maximum absolute atomic E-state index is 5.84. The number of halogens is 1. The van der Waals surface area contributed by atoms with Gasteiger partial charge in [0.15, 0.2) is 5.16 Å². The van der Waals surface area contributed by atoms with E-state index in [1.165, 1.54) is 11.8 Å². The van der Waals surface area contributed by atoms with Crippen LogP contribution in [0, 0.1) is 0 Å². The molecule has 1 aromatic heterocycles. The molecular weight excluding hydrogens is 270 g/mol. The predicted molar refractivity (Wildman–Crippen MR) is 71.2 cm³/mol. The molecule has 0 aliphatic heterocycles. The summed E-state index contributed by atoms with van der Waals surface area (Å²) in [5.41, 5.74) is 0. The van der Waals surface area contributed by atoms with Gasteiger partial charge < -0.3 is 4.74 Å². The second-order valence-corrected chi connectivity index (χ2v) is 5.13. The minimum atomic E-state index is -0.00181. The van der Waals surface area contributed by atoms with Crippen LogP contribution in [0.15, 0.2) is 40.4 Å². The molecule has 2 rings (SSSR count). The van der Waals surface area contributed by atoms with E-state index in [2.05, 4.69) is 15.0 Å². The quantitative estimate of drug-likeness (QED) is 0.859. The summed E-state index contributed by atoms with van der Waals surface area (Å²) in [5.74, 6) is 0. The second-order valence-electron chi connectivity index (χ2n) is 3.75. The summed E-state index contributed by atoms with van der Waals surface area (Å²) < 4.78 is 5.41. The Hall–Kier alpha value is -1.33. The van der Waals surface area contributed by atoms with Gasteiger partial charge in [0.25, 0.3) is 0 Å². The molecule has 0 fully saturated rings. The average Bonchev–Trinajstić information content (AvgIpc) is 2.28. The van der Waals surface area contributed by atoms with E-state index in [0.717, 1.165) is 4.90 Å². The molecule has 6 heteroatoms. The Labute approximate surface area is 115 Å². The molecule has 0 unspecified atom stereocenters. The number of rotatable bonds is 4. The molecule has 94 valence electrons. The van der Waals surface area contributed by atoms with Crippen LogP contribution in [0.2, 0.25) is 5.28 Å². The molecule has 0 spiro atoms. The van der Waals surface area contributed by atoms with Crippen molar-refractivity contribution < 1.29 is 4.74 Å². The molecule has 1 heterocycles. The zero-order valence-corrected chi connectivity index (χ0v) is 11.6. The van der Waals surface area contributed by atoms with Gasteiger partial charge >= 0.3 is 6.01 Å². The topological polar surface area (TPSA) is 47.9 Å². The van der Waals surface area contributed by atoms with Gasteiger partial charge in [-0.05, 0) is 49.3 Å². The third-order valence-electron chi connectivity index (χ3n) is 1.86. The Morgan fingerprint density at radius 3 is 2.50 bits per heavy atom. The minimum Gasteiger partial charge on any atom is -0.461 e. The van der Waals surface area contributed by atoms with Crippen molar-refractivity contribution in [2.45, 2.75) is 30.0 Å². The lowest BCUT2D eigenvalue weighted by atomic mass is 10.4. The second kappa shape index (κ2) is 6.02. The summed E-state index contributed by atoms with van der Waals surface area (Å²) in [7, 11) is 0. The number of aromatic nitrogens is 3. The van der Waals surface area contributed by atoms with Crippen LogP contribution in [0.25, 0.3) is 0 Å². The third kappa shape index (κ3) is 3.85. The average molecular weight is 282 g/mol. The lowest BCUT2D eigenvalue weighted by Gasteiger charge is -2.08. The van der Waals surface area contributed by atoms with Crippen LogP contribution in [-0.4, -0.2) is 21.1 Å². The molecule has 0 atom stereocenters. The zero-order valence-electron chi connectivity index (χ0n) is 10.0. The Balaban J connectivity index is 2.20. The smallest absolute Gasteiger partial charge is 0.322 e. The molecule has 0 radical (unpaired) electrons. The van der Waals surface area contributed by atoms with Crippen LogP contribution >= 0.6 is 23.4 Å². The van der Waals surface area contributed by atoms with E-state index in [-0.39, 0.29) is 17.4 Å². The Bertz CT molecular complexity index is 522. The fourth-order valence-electron chi connectivity index (χ4n) is 1.22. The van der Waals surface area contributed by atoms with Crippen molar-refractivity contribution in [3.05, 3.63) is 35.6 Å². The van der Waals surface area contributed by atoms with Crippen LogP contribution in [0.5, 0.6) is 6.01 Å². The monoisotopic (exact) mass is 281 g/mol. The number of hydrogen-bond donors (Lipinski definition) is 0. The number of ether oxygens (including phenoxy) is 1. The standard InChI is InChI=1S/C12H12ClN3OS/c1-8(2)17-11-14-10(13)15-12(16-11)18-9-6-4-3-5-7-9/h3-8H,1-2H3. The van der Waals surface area contributed by atoms with Crippen LogP contribution in [0.4, 0.5) is 0 Å². The fourth-order valence-corrected chi connectivity index (χ4v) is 2.18. The van der Waals surface area contributed by atoms with Gasteiger partial charge in [0, 0.05) is 4.90 Å². The van der Waals surface area contributed by atoms with Crippen molar-refractivity contribution in [3.63, 3.8) is 0 Å². The van der Waals surface area contributed by atoms with E-state index < -0.39 is 0 Å². The summed E-state index contributed by atoms with van der Waals surface area (Å²) in [6.07, 6.45) is -0.00181. The first-order valence-electron chi connectivity index (χ1n) is 5.44. The normalized spacial score (nSPS) is 10.7. The van der Waals surface area contributed by atoms with E-state index in [4.69, 9.17) is 16.3 Å². The van der Waals surface area contributed by atoms with Gasteiger partial charge in [0.05, 0.1) is 6.10 Å². The molecule has 2 aromatic rings. The highest BCUT2D eigenvalue weighted by atomic mass is 35.5. The molecule has 18 heavy (non-hydrogen) atoms. The van der Waals surface area contributed by atoms with E-state index in [9.17, 15) is 0 Å². The molecule has 0 bridgehead atoms. The van der Waals surface area contributed by atoms with Crippen molar-refractivity contribution >= 4 is 23.4 Å². The Kier molecular flexibility index (Phi) is 4.38.